The predicted molar refractivity (Wildman–Crippen MR) is 136 cm³/mol. The number of nitro groups is 2. The first kappa shape index (κ1) is 24.1. The van der Waals surface area contributed by atoms with E-state index < -0.39 is 15.5 Å². The van der Waals surface area contributed by atoms with Gasteiger partial charge in [-0.2, -0.15) is 5.10 Å². The lowest BCUT2D eigenvalue weighted by atomic mass is 9.82. The number of hydrogen-bond donors (Lipinski definition) is 1. The van der Waals surface area contributed by atoms with Crippen molar-refractivity contribution in [3.05, 3.63) is 80.4 Å². The Labute approximate surface area is 203 Å². The molecule has 4 rings (SSSR count). The van der Waals surface area contributed by atoms with Crippen LogP contribution in [-0.2, 0) is 0 Å². The van der Waals surface area contributed by atoms with Crippen molar-refractivity contribution < 1.29 is 14.6 Å². The monoisotopic (exact) mass is 476 g/mol. The van der Waals surface area contributed by atoms with E-state index in [1.165, 1.54) is 18.6 Å². The minimum Gasteiger partial charge on any atom is -0.490 e. The number of hydrogen-bond acceptors (Lipinski definition) is 7. The summed E-state index contributed by atoms with van der Waals surface area (Å²) in [5, 5.41) is 29.4. The van der Waals surface area contributed by atoms with Crippen LogP contribution in [0, 0.1) is 26.1 Å². The van der Waals surface area contributed by atoms with Gasteiger partial charge in [0.2, 0.25) is 0 Å². The van der Waals surface area contributed by atoms with Crippen molar-refractivity contribution in [3.63, 3.8) is 0 Å². The average Bonchev–Trinajstić information content (AvgIpc) is 2.85. The highest BCUT2D eigenvalue weighted by atomic mass is 16.6. The molecular formula is C26H28N4O5. The molecule has 0 amide bonds. The number of ether oxygens (including phenoxy) is 1. The minimum absolute atomic E-state index is 0.0279. The van der Waals surface area contributed by atoms with Gasteiger partial charge in [-0.05, 0) is 50.3 Å². The lowest BCUT2D eigenvalue weighted by Gasteiger charge is -2.25. The first-order valence-electron chi connectivity index (χ1n) is 11.8. The highest BCUT2D eigenvalue weighted by Crippen LogP contribution is 2.35. The summed E-state index contributed by atoms with van der Waals surface area (Å²) < 4.78 is 6.02. The van der Waals surface area contributed by atoms with Crippen molar-refractivity contribution >= 4 is 33.5 Å². The molecule has 1 aliphatic rings. The van der Waals surface area contributed by atoms with Crippen molar-refractivity contribution in [1.82, 2.24) is 0 Å². The van der Waals surface area contributed by atoms with E-state index in [0.717, 1.165) is 59.5 Å². The second kappa shape index (κ2) is 10.5. The highest BCUT2D eigenvalue weighted by molar-refractivity contribution is 6.13. The number of nitro benzene ring substituents is 2. The molecule has 9 nitrogen and oxygen atoms in total. The Bertz CT molecular complexity index is 1280. The Balaban J connectivity index is 1.81. The van der Waals surface area contributed by atoms with E-state index in [1.807, 2.05) is 50.2 Å². The third-order valence-electron chi connectivity index (χ3n) is 6.20. The quantitative estimate of drug-likeness (QED) is 0.216. The fraction of sp³-hybridized carbons (Fsp3) is 0.346. The molecule has 0 aliphatic heterocycles. The summed E-state index contributed by atoms with van der Waals surface area (Å²) in [7, 11) is 0. The lowest BCUT2D eigenvalue weighted by Crippen LogP contribution is -2.21. The smallest absolute Gasteiger partial charge is 0.301 e. The van der Waals surface area contributed by atoms with Crippen LogP contribution >= 0.6 is 0 Å². The van der Waals surface area contributed by atoms with Crippen LogP contribution in [0.2, 0.25) is 0 Å². The zero-order chi connectivity index (χ0) is 24.9. The molecule has 0 atom stereocenters. The van der Waals surface area contributed by atoms with E-state index in [1.54, 1.807) is 0 Å². The fourth-order valence-corrected chi connectivity index (χ4v) is 4.60. The topological polar surface area (TPSA) is 120 Å². The molecule has 0 radical (unpaired) electrons. The van der Waals surface area contributed by atoms with Crippen molar-refractivity contribution in [2.45, 2.75) is 52.1 Å². The molecule has 1 saturated carbocycles. The van der Waals surface area contributed by atoms with Crippen LogP contribution in [-0.4, -0.2) is 21.7 Å². The van der Waals surface area contributed by atoms with Gasteiger partial charge in [-0.1, -0.05) is 43.5 Å². The predicted octanol–water partition coefficient (Wildman–Crippen LogP) is 6.84. The highest BCUT2D eigenvalue weighted by Gasteiger charge is 2.25. The standard InChI is InChI=1S/C26H28N4O5/c1-17(2)35-25-15-13-22(20-10-6-7-11-21(20)25)26(18-8-4-3-5-9-18)28-27-23-14-12-19(29(31)32)16-24(23)30(33)34/h6-7,10-18,27H,3-5,8-9H2,1-2H3. The van der Waals surface area contributed by atoms with Gasteiger partial charge >= 0.3 is 5.69 Å². The zero-order valence-corrected chi connectivity index (χ0v) is 19.8. The molecule has 1 N–H and O–H groups in total. The van der Waals surface area contributed by atoms with Gasteiger partial charge in [-0.25, -0.2) is 0 Å². The van der Waals surface area contributed by atoms with Crippen LogP contribution in [0.4, 0.5) is 17.1 Å². The third-order valence-corrected chi connectivity index (χ3v) is 6.20. The van der Waals surface area contributed by atoms with E-state index >= 15 is 0 Å². The van der Waals surface area contributed by atoms with E-state index in [0.29, 0.717) is 0 Å². The first-order valence-corrected chi connectivity index (χ1v) is 11.8. The largest absolute Gasteiger partial charge is 0.490 e. The van der Waals surface area contributed by atoms with Crippen LogP contribution < -0.4 is 10.2 Å². The second-order valence-corrected chi connectivity index (χ2v) is 8.98. The molecule has 0 spiro atoms. The van der Waals surface area contributed by atoms with Gasteiger partial charge in [0.25, 0.3) is 5.69 Å². The SMILES string of the molecule is CC(C)Oc1ccc(C(=NNc2ccc([N+](=O)[O-])cc2[N+](=O)[O-])C2CCCCC2)c2ccccc12. The normalized spacial score (nSPS) is 14.8. The number of nitrogens with zero attached hydrogens (tertiary/aromatic N) is 3. The Morgan fingerprint density at radius 3 is 2.34 bits per heavy atom. The van der Waals surface area contributed by atoms with Gasteiger partial charge in [-0.15, -0.1) is 0 Å². The van der Waals surface area contributed by atoms with Crippen LogP contribution in [0.5, 0.6) is 5.75 Å². The molecule has 0 bridgehead atoms. The van der Waals surface area contributed by atoms with Gasteiger partial charge in [0.1, 0.15) is 11.4 Å². The summed E-state index contributed by atoms with van der Waals surface area (Å²) in [6, 6.07) is 15.4. The molecule has 0 aromatic heterocycles. The maximum Gasteiger partial charge on any atom is 0.301 e. The zero-order valence-electron chi connectivity index (χ0n) is 19.8. The number of rotatable bonds is 8. The summed E-state index contributed by atoms with van der Waals surface area (Å²) in [4.78, 5) is 21.4. The summed E-state index contributed by atoms with van der Waals surface area (Å²) in [5.74, 6) is 0.981. The molecule has 3 aromatic rings. The maximum absolute atomic E-state index is 11.6. The number of anilines is 1. The summed E-state index contributed by atoms with van der Waals surface area (Å²) >= 11 is 0. The van der Waals surface area contributed by atoms with Crippen molar-refractivity contribution in [2.24, 2.45) is 11.0 Å². The van der Waals surface area contributed by atoms with Crippen LogP contribution in [0.25, 0.3) is 10.8 Å². The van der Waals surface area contributed by atoms with E-state index in [-0.39, 0.29) is 23.4 Å². The van der Waals surface area contributed by atoms with Gasteiger partial charge in [0.05, 0.1) is 27.7 Å². The van der Waals surface area contributed by atoms with Gasteiger partial charge in [-0.3, -0.25) is 25.7 Å². The maximum atomic E-state index is 11.6. The first-order chi connectivity index (χ1) is 16.8. The Kier molecular flexibility index (Phi) is 7.24. The summed E-state index contributed by atoms with van der Waals surface area (Å²) in [6.07, 6.45) is 5.33. The molecule has 0 heterocycles. The average molecular weight is 477 g/mol. The van der Waals surface area contributed by atoms with E-state index in [4.69, 9.17) is 9.84 Å². The molecule has 3 aromatic carbocycles. The van der Waals surface area contributed by atoms with Crippen molar-refractivity contribution in [3.8, 4) is 5.75 Å². The number of hydrazone groups is 1. The molecule has 35 heavy (non-hydrogen) atoms. The van der Waals surface area contributed by atoms with Crippen LogP contribution in [0.15, 0.2) is 59.7 Å². The molecule has 182 valence electrons. The van der Waals surface area contributed by atoms with Gasteiger partial charge in [0, 0.05) is 22.9 Å². The molecule has 0 saturated heterocycles. The van der Waals surface area contributed by atoms with Gasteiger partial charge in [0.15, 0.2) is 0 Å². The molecule has 0 unspecified atom stereocenters. The fourth-order valence-electron chi connectivity index (χ4n) is 4.60. The van der Waals surface area contributed by atoms with Crippen LogP contribution in [0.1, 0.15) is 51.5 Å². The number of benzene rings is 3. The molecular weight excluding hydrogens is 448 g/mol. The summed E-state index contributed by atoms with van der Waals surface area (Å²) in [5.41, 5.74) is 4.00. The lowest BCUT2D eigenvalue weighted by molar-refractivity contribution is -0.393. The number of non-ortho nitro benzene ring substituents is 1. The third kappa shape index (κ3) is 5.40. The summed E-state index contributed by atoms with van der Waals surface area (Å²) in [6.45, 7) is 3.97. The van der Waals surface area contributed by atoms with Crippen molar-refractivity contribution in [1.29, 1.82) is 0 Å². The Hall–Kier alpha value is -4.01. The van der Waals surface area contributed by atoms with Crippen LogP contribution in [0.3, 0.4) is 0 Å². The van der Waals surface area contributed by atoms with E-state index in [2.05, 4.69) is 5.43 Å². The minimum atomic E-state index is -0.652. The molecule has 1 aliphatic carbocycles. The van der Waals surface area contributed by atoms with Gasteiger partial charge < -0.3 is 4.74 Å². The number of fused-ring (bicyclic) bond motifs is 1. The second-order valence-electron chi connectivity index (χ2n) is 8.98. The van der Waals surface area contributed by atoms with E-state index in [9.17, 15) is 20.2 Å². The Morgan fingerprint density at radius 1 is 0.971 bits per heavy atom. The molecule has 1 fully saturated rings. The number of nitrogens with one attached hydrogen (secondary N) is 1. The molecule has 9 heteroatoms. The Morgan fingerprint density at radius 2 is 1.69 bits per heavy atom. The van der Waals surface area contributed by atoms with Crippen molar-refractivity contribution in [2.75, 3.05) is 5.43 Å².